The fourth-order valence-electron chi connectivity index (χ4n) is 2.05. The van der Waals surface area contributed by atoms with Crippen molar-refractivity contribution in [1.82, 2.24) is 10.3 Å². The van der Waals surface area contributed by atoms with Crippen LogP contribution >= 0.6 is 0 Å². The topological polar surface area (TPSA) is 24.9 Å². The monoisotopic (exact) mass is 244 g/mol. The first-order valence-electron chi connectivity index (χ1n) is 6.18. The van der Waals surface area contributed by atoms with E-state index in [0.717, 1.165) is 24.1 Å². The first-order valence-corrected chi connectivity index (χ1v) is 6.18. The highest BCUT2D eigenvalue weighted by molar-refractivity contribution is 5.24. The number of hydrogen-bond donors (Lipinski definition) is 1. The number of pyridine rings is 1. The fraction of sp³-hybridized carbons (Fsp3) is 0.267. The van der Waals surface area contributed by atoms with Crippen LogP contribution in [0.5, 0.6) is 0 Å². The molecule has 1 heterocycles. The normalized spacial score (nSPS) is 12.3. The Bertz CT molecular complexity index is 485. The standard InChI is InChI=1S/C15H17FN2/c1-2-18-15(11-12-7-9-17-10-8-12)13-5-3-4-6-14(13)16/h3-10,15,18H,2,11H2,1H3. The minimum Gasteiger partial charge on any atom is -0.310 e. The van der Waals surface area contributed by atoms with Crippen molar-refractivity contribution in [2.45, 2.75) is 19.4 Å². The summed E-state index contributed by atoms with van der Waals surface area (Å²) in [6.07, 6.45) is 4.29. The van der Waals surface area contributed by atoms with Crippen molar-refractivity contribution >= 4 is 0 Å². The third kappa shape index (κ3) is 3.14. The second-order valence-electron chi connectivity index (χ2n) is 4.19. The molecule has 0 aliphatic carbocycles. The summed E-state index contributed by atoms with van der Waals surface area (Å²) < 4.78 is 13.8. The Labute approximate surface area is 107 Å². The van der Waals surface area contributed by atoms with Crippen molar-refractivity contribution in [3.63, 3.8) is 0 Å². The van der Waals surface area contributed by atoms with Gasteiger partial charge in [-0.1, -0.05) is 25.1 Å². The van der Waals surface area contributed by atoms with E-state index in [-0.39, 0.29) is 11.9 Å². The third-order valence-electron chi connectivity index (χ3n) is 2.92. The predicted molar refractivity (Wildman–Crippen MR) is 70.8 cm³/mol. The molecule has 0 saturated carbocycles. The lowest BCUT2D eigenvalue weighted by molar-refractivity contribution is 0.510. The van der Waals surface area contributed by atoms with E-state index in [1.807, 2.05) is 31.2 Å². The van der Waals surface area contributed by atoms with E-state index in [2.05, 4.69) is 10.3 Å². The van der Waals surface area contributed by atoms with Crippen LogP contribution in [-0.4, -0.2) is 11.5 Å². The van der Waals surface area contributed by atoms with Crippen LogP contribution in [-0.2, 0) is 6.42 Å². The Kier molecular flexibility index (Phi) is 4.42. The molecule has 0 aliphatic heterocycles. The molecule has 0 fully saturated rings. The summed E-state index contributed by atoms with van der Waals surface area (Å²) in [5.41, 5.74) is 1.87. The number of nitrogens with zero attached hydrogens (tertiary/aromatic N) is 1. The van der Waals surface area contributed by atoms with Gasteiger partial charge in [-0.25, -0.2) is 4.39 Å². The van der Waals surface area contributed by atoms with Gasteiger partial charge in [-0.3, -0.25) is 4.98 Å². The molecule has 2 aromatic rings. The zero-order valence-electron chi connectivity index (χ0n) is 10.4. The average molecular weight is 244 g/mol. The van der Waals surface area contributed by atoms with Gasteiger partial charge in [0.1, 0.15) is 5.82 Å². The Morgan fingerprint density at radius 2 is 1.89 bits per heavy atom. The molecule has 1 aromatic heterocycles. The molecule has 0 bridgehead atoms. The molecule has 1 unspecified atom stereocenters. The Balaban J connectivity index is 2.21. The molecule has 1 aromatic carbocycles. The van der Waals surface area contributed by atoms with Crippen LogP contribution in [0.4, 0.5) is 4.39 Å². The van der Waals surface area contributed by atoms with Crippen molar-refractivity contribution in [3.05, 3.63) is 65.7 Å². The number of hydrogen-bond acceptors (Lipinski definition) is 2. The van der Waals surface area contributed by atoms with Crippen molar-refractivity contribution in [1.29, 1.82) is 0 Å². The van der Waals surface area contributed by atoms with Gasteiger partial charge in [0.15, 0.2) is 0 Å². The number of likely N-dealkylation sites (N-methyl/N-ethyl adjacent to an activating group) is 1. The smallest absolute Gasteiger partial charge is 0.127 e. The molecule has 3 heteroatoms. The SMILES string of the molecule is CCNC(Cc1ccncc1)c1ccccc1F. The summed E-state index contributed by atoms with van der Waals surface area (Å²) in [6, 6.07) is 10.9. The first kappa shape index (κ1) is 12.7. The summed E-state index contributed by atoms with van der Waals surface area (Å²) in [7, 11) is 0. The van der Waals surface area contributed by atoms with Crippen LogP contribution in [0.25, 0.3) is 0 Å². The molecule has 94 valence electrons. The maximum absolute atomic E-state index is 13.8. The highest BCUT2D eigenvalue weighted by atomic mass is 19.1. The van der Waals surface area contributed by atoms with Gasteiger partial charge < -0.3 is 5.32 Å². The van der Waals surface area contributed by atoms with E-state index in [1.165, 1.54) is 6.07 Å². The second-order valence-corrected chi connectivity index (χ2v) is 4.19. The summed E-state index contributed by atoms with van der Waals surface area (Å²) in [5, 5.41) is 3.33. The molecule has 0 radical (unpaired) electrons. The molecular formula is C15H17FN2. The number of nitrogens with one attached hydrogen (secondary N) is 1. The predicted octanol–water partition coefficient (Wildman–Crippen LogP) is 3.11. The van der Waals surface area contributed by atoms with Gasteiger partial charge in [0.05, 0.1) is 0 Å². The molecule has 0 aliphatic rings. The molecule has 2 nitrogen and oxygen atoms in total. The Morgan fingerprint density at radius 1 is 1.17 bits per heavy atom. The zero-order chi connectivity index (χ0) is 12.8. The fourth-order valence-corrected chi connectivity index (χ4v) is 2.05. The van der Waals surface area contributed by atoms with Crippen LogP contribution in [0.1, 0.15) is 24.1 Å². The maximum Gasteiger partial charge on any atom is 0.127 e. The Hall–Kier alpha value is -1.74. The molecule has 2 rings (SSSR count). The van der Waals surface area contributed by atoms with Crippen molar-refractivity contribution in [2.75, 3.05) is 6.54 Å². The van der Waals surface area contributed by atoms with Crippen molar-refractivity contribution < 1.29 is 4.39 Å². The third-order valence-corrected chi connectivity index (χ3v) is 2.92. The number of benzene rings is 1. The second kappa shape index (κ2) is 6.26. The summed E-state index contributed by atoms with van der Waals surface area (Å²) in [4.78, 5) is 3.99. The van der Waals surface area contributed by atoms with Crippen LogP contribution in [0, 0.1) is 5.82 Å². The van der Waals surface area contributed by atoms with Gasteiger partial charge in [-0.15, -0.1) is 0 Å². The Morgan fingerprint density at radius 3 is 2.56 bits per heavy atom. The van der Waals surface area contributed by atoms with E-state index >= 15 is 0 Å². The van der Waals surface area contributed by atoms with Gasteiger partial charge in [0.2, 0.25) is 0 Å². The molecule has 18 heavy (non-hydrogen) atoms. The quantitative estimate of drug-likeness (QED) is 0.874. The van der Waals surface area contributed by atoms with Crippen LogP contribution in [0.2, 0.25) is 0 Å². The van der Waals surface area contributed by atoms with Gasteiger partial charge in [-0.05, 0) is 36.7 Å². The van der Waals surface area contributed by atoms with Crippen LogP contribution in [0.3, 0.4) is 0 Å². The molecule has 0 spiro atoms. The van der Waals surface area contributed by atoms with Gasteiger partial charge >= 0.3 is 0 Å². The van der Waals surface area contributed by atoms with Crippen molar-refractivity contribution in [3.8, 4) is 0 Å². The summed E-state index contributed by atoms with van der Waals surface area (Å²) in [6.45, 7) is 2.84. The van der Waals surface area contributed by atoms with E-state index in [9.17, 15) is 4.39 Å². The molecule has 0 saturated heterocycles. The van der Waals surface area contributed by atoms with Crippen LogP contribution < -0.4 is 5.32 Å². The minimum atomic E-state index is -0.155. The number of rotatable bonds is 5. The lowest BCUT2D eigenvalue weighted by atomic mass is 9.99. The van der Waals surface area contributed by atoms with Gasteiger partial charge in [0, 0.05) is 24.0 Å². The lowest BCUT2D eigenvalue weighted by Gasteiger charge is -2.19. The highest BCUT2D eigenvalue weighted by Gasteiger charge is 2.14. The molecule has 1 N–H and O–H groups in total. The van der Waals surface area contributed by atoms with Crippen molar-refractivity contribution in [2.24, 2.45) is 0 Å². The van der Waals surface area contributed by atoms with Crippen LogP contribution in [0.15, 0.2) is 48.8 Å². The van der Waals surface area contributed by atoms with E-state index in [1.54, 1.807) is 18.5 Å². The van der Waals surface area contributed by atoms with E-state index in [4.69, 9.17) is 0 Å². The average Bonchev–Trinajstić information content (AvgIpc) is 2.40. The number of aromatic nitrogens is 1. The zero-order valence-corrected chi connectivity index (χ0v) is 10.4. The maximum atomic E-state index is 13.8. The lowest BCUT2D eigenvalue weighted by Crippen LogP contribution is -2.23. The molecule has 0 amide bonds. The largest absolute Gasteiger partial charge is 0.310 e. The van der Waals surface area contributed by atoms with E-state index < -0.39 is 0 Å². The summed E-state index contributed by atoms with van der Waals surface area (Å²) >= 11 is 0. The minimum absolute atomic E-state index is 0.00130. The van der Waals surface area contributed by atoms with Gasteiger partial charge in [-0.2, -0.15) is 0 Å². The number of halogens is 1. The molecular weight excluding hydrogens is 227 g/mol. The first-order chi connectivity index (χ1) is 8.81. The summed E-state index contributed by atoms with van der Waals surface area (Å²) in [5.74, 6) is -0.155. The van der Waals surface area contributed by atoms with Gasteiger partial charge in [0.25, 0.3) is 0 Å². The van der Waals surface area contributed by atoms with E-state index in [0.29, 0.717) is 0 Å². The highest BCUT2D eigenvalue weighted by Crippen LogP contribution is 2.20. The molecule has 1 atom stereocenters.